The van der Waals surface area contributed by atoms with Crippen LogP contribution >= 0.6 is 0 Å². The largest absolute Gasteiger partial charge is 0.419 e. The quantitative estimate of drug-likeness (QED) is 0.426. The Kier molecular flexibility index (Phi) is 8.21. The van der Waals surface area contributed by atoms with Crippen LogP contribution in [0.2, 0.25) is 0 Å². The van der Waals surface area contributed by atoms with E-state index in [0.717, 1.165) is 29.9 Å². The van der Waals surface area contributed by atoms with Crippen LogP contribution in [-0.2, 0) is 22.6 Å². The molecule has 2 N–H and O–H groups in total. The summed E-state index contributed by atoms with van der Waals surface area (Å²) < 4.78 is 62.8. The number of aromatic nitrogens is 3. The Bertz CT molecular complexity index is 1430. The van der Waals surface area contributed by atoms with Gasteiger partial charge in [-0.1, -0.05) is 19.9 Å². The molecule has 0 unspecified atom stereocenters. The summed E-state index contributed by atoms with van der Waals surface area (Å²) in [5, 5.41) is 12.6. The molecule has 0 aliphatic carbocycles. The van der Waals surface area contributed by atoms with E-state index >= 15 is 0 Å². The average Bonchev–Trinajstić information content (AvgIpc) is 2.94. The average molecular weight is 564 g/mol. The second-order valence-electron chi connectivity index (χ2n) is 9.20. The van der Waals surface area contributed by atoms with E-state index in [-0.39, 0.29) is 22.5 Å². The van der Waals surface area contributed by atoms with Gasteiger partial charge in [-0.3, -0.25) is 9.78 Å². The second kappa shape index (κ2) is 11.3. The highest BCUT2D eigenvalue weighted by Gasteiger charge is 2.32. The van der Waals surface area contributed by atoms with Crippen LogP contribution in [0.25, 0.3) is 0 Å². The molecule has 9 nitrogen and oxygen atoms in total. The van der Waals surface area contributed by atoms with Crippen LogP contribution in [0.3, 0.4) is 0 Å². The van der Waals surface area contributed by atoms with Gasteiger partial charge in [0.15, 0.2) is 9.84 Å². The van der Waals surface area contributed by atoms with Gasteiger partial charge in [-0.15, -0.1) is 0 Å². The smallest absolute Gasteiger partial charge is 0.394 e. The van der Waals surface area contributed by atoms with E-state index in [9.17, 15) is 31.5 Å². The lowest BCUT2D eigenvalue weighted by Gasteiger charge is -2.34. The number of benzene rings is 1. The molecule has 1 amide bonds. The maximum atomic E-state index is 13.1. The number of nitrogens with zero attached hydrogens (tertiary/aromatic N) is 4. The van der Waals surface area contributed by atoms with Gasteiger partial charge in [-0.05, 0) is 41.8 Å². The van der Waals surface area contributed by atoms with Gasteiger partial charge < -0.3 is 15.3 Å². The van der Waals surface area contributed by atoms with Crippen molar-refractivity contribution in [1.29, 1.82) is 0 Å². The van der Waals surface area contributed by atoms with Gasteiger partial charge >= 0.3 is 6.18 Å². The molecule has 0 radical (unpaired) electrons. The van der Waals surface area contributed by atoms with Crippen LogP contribution in [0, 0.1) is 0 Å². The summed E-state index contributed by atoms with van der Waals surface area (Å²) in [7, 11) is -3.44. The van der Waals surface area contributed by atoms with Gasteiger partial charge in [-0.25, -0.2) is 18.4 Å². The third-order valence-corrected chi connectivity index (χ3v) is 8.45. The van der Waals surface area contributed by atoms with Crippen molar-refractivity contribution in [3.05, 3.63) is 76.9 Å². The van der Waals surface area contributed by atoms with Crippen molar-refractivity contribution in [1.82, 2.24) is 20.3 Å². The number of halogens is 3. The van der Waals surface area contributed by atoms with Crippen LogP contribution in [0.5, 0.6) is 0 Å². The first-order chi connectivity index (χ1) is 18.5. The van der Waals surface area contributed by atoms with Gasteiger partial charge in [0.2, 0.25) is 5.95 Å². The van der Waals surface area contributed by atoms with E-state index in [0.29, 0.717) is 24.3 Å². The van der Waals surface area contributed by atoms with Crippen molar-refractivity contribution >= 4 is 21.7 Å². The standard InChI is InChI=1S/C26H28F3N5O4S/c1-3-16-13-34(25-31-10-19(11-32-25)26(27,28)29)14-18-9-17(5-7-21(16)18)24(36)33-23(15-35)22-8-6-20(12-30-22)39(37,38)4-2/h5-12,16,23,35H,3-4,13-15H2,1-2H3,(H,33,36)/t16-,23+/m0/s1. The monoisotopic (exact) mass is 563 g/mol. The predicted molar refractivity (Wildman–Crippen MR) is 137 cm³/mol. The van der Waals surface area contributed by atoms with Crippen LogP contribution in [0.4, 0.5) is 19.1 Å². The predicted octanol–water partition coefficient (Wildman–Crippen LogP) is 3.66. The number of carbonyl (C=O) groups excluding carboxylic acids is 1. The van der Waals surface area contributed by atoms with Crippen LogP contribution in [0.1, 0.15) is 65.0 Å². The van der Waals surface area contributed by atoms with E-state index in [1.165, 1.54) is 25.3 Å². The van der Waals surface area contributed by atoms with Gasteiger partial charge in [0.25, 0.3) is 5.91 Å². The number of fused-ring (bicyclic) bond motifs is 1. The van der Waals surface area contributed by atoms with Gasteiger partial charge in [0.05, 0.1) is 34.6 Å². The first kappa shape index (κ1) is 28.4. The molecule has 1 aliphatic rings. The minimum atomic E-state index is -4.53. The van der Waals surface area contributed by atoms with Crippen LogP contribution in [0.15, 0.2) is 53.8 Å². The molecule has 0 fully saturated rings. The van der Waals surface area contributed by atoms with Gasteiger partial charge in [-0.2, -0.15) is 13.2 Å². The highest BCUT2D eigenvalue weighted by atomic mass is 32.2. The summed E-state index contributed by atoms with van der Waals surface area (Å²) in [6, 6.07) is 7.22. The highest BCUT2D eigenvalue weighted by Crippen LogP contribution is 2.34. The zero-order valence-corrected chi connectivity index (χ0v) is 22.1. The zero-order chi connectivity index (χ0) is 28.4. The summed E-state index contributed by atoms with van der Waals surface area (Å²) >= 11 is 0. The molecule has 0 saturated heterocycles. The van der Waals surface area contributed by atoms with Crippen LogP contribution in [-0.4, -0.2) is 53.3 Å². The molecule has 0 spiro atoms. The molecule has 0 saturated carbocycles. The minimum absolute atomic E-state index is 0.0542. The summed E-state index contributed by atoms with van der Waals surface area (Å²) in [6.45, 7) is 3.89. The molecule has 3 heterocycles. The van der Waals surface area contributed by atoms with E-state index in [4.69, 9.17) is 0 Å². The Balaban J connectivity index is 1.54. The number of hydrogen-bond donors (Lipinski definition) is 2. The molecule has 0 bridgehead atoms. The van der Waals surface area contributed by atoms with Crippen molar-refractivity contribution in [2.45, 2.75) is 49.8 Å². The van der Waals surface area contributed by atoms with Crippen molar-refractivity contribution in [3.63, 3.8) is 0 Å². The third kappa shape index (κ3) is 6.19. The summed E-state index contributed by atoms with van der Waals surface area (Å²) in [5.74, 6) is -0.320. The Hall–Kier alpha value is -3.58. The fourth-order valence-corrected chi connectivity index (χ4v) is 5.27. The Morgan fingerprint density at radius 2 is 1.85 bits per heavy atom. The molecule has 3 aromatic rings. The first-order valence-corrected chi connectivity index (χ1v) is 14.0. The van der Waals surface area contributed by atoms with Crippen molar-refractivity contribution in [2.75, 3.05) is 23.8 Å². The van der Waals surface area contributed by atoms with Gasteiger partial charge in [0.1, 0.15) is 0 Å². The molecular weight excluding hydrogens is 535 g/mol. The third-order valence-electron chi connectivity index (χ3n) is 6.73. The molecule has 13 heteroatoms. The van der Waals surface area contributed by atoms with E-state index in [1.807, 2.05) is 13.0 Å². The number of aliphatic hydroxyl groups is 1. The molecule has 39 heavy (non-hydrogen) atoms. The van der Waals surface area contributed by atoms with Gasteiger partial charge in [0, 0.05) is 43.2 Å². The summed E-state index contributed by atoms with van der Waals surface area (Å²) in [4.78, 5) is 26.9. The summed E-state index contributed by atoms with van der Waals surface area (Å²) in [5.41, 5.74) is 1.55. The number of sulfone groups is 1. The number of rotatable bonds is 8. The topological polar surface area (TPSA) is 125 Å². The van der Waals surface area contributed by atoms with Crippen LogP contribution < -0.4 is 10.2 Å². The van der Waals surface area contributed by atoms with E-state index < -0.39 is 40.1 Å². The number of nitrogens with one attached hydrogen (secondary N) is 1. The normalized spacial score (nSPS) is 16.5. The summed E-state index contributed by atoms with van der Waals surface area (Å²) in [6.07, 6.45) is -1.05. The highest BCUT2D eigenvalue weighted by molar-refractivity contribution is 7.91. The van der Waals surface area contributed by atoms with Crippen molar-refractivity contribution < 1.29 is 31.5 Å². The lowest BCUT2D eigenvalue weighted by molar-refractivity contribution is -0.138. The minimum Gasteiger partial charge on any atom is -0.394 e. The molecular formula is C26H28F3N5O4S. The number of pyridine rings is 1. The number of carbonyl (C=O) groups is 1. The molecule has 4 rings (SSSR count). The molecule has 1 aromatic carbocycles. The molecule has 208 valence electrons. The van der Waals surface area contributed by atoms with Crippen molar-refractivity contribution in [2.24, 2.45) is 0 Å². The lowest BCUT2D eigenvalue weighted by Crippen LogP contribution is -2.35. The zero-order valence-electron chi connectivity index (χ0n) is 21.3. The Morgan fingerprint density at radius 1 is 1.13 bits per heavy atom. The SMILES string of the molecule is CC[C@H]1CN(c2ncc(C(F)(F)F)cn2)Cc2cc(C(=O)N[C@H](CO)c3ccc(S(=O)(=O)CC)cn3)ccc21. The number of anilines is 1. The molecule has 1 aliphatic heterocycles. The van der Waals surface area contributed by atoms with E-state index in [2.05, 4.69) is 20.3 Å². The number of amides is 1. The molecule has 2 aromatic heterocycles. The number of alkyl halides is 3. The Morgan fingerprint density at radius 3 is 2.41 bits per heavy atom. The maximum Gasteiger partial charge on any atom is 0.419 e. The lowest BCUT2D eigenvalue weighted by atomic mass is 9.87. The fourth-order valence-electron chi connectivity index (χ4n) is 4.45. The van der Waals surface area contributed by atoms with E-state index in [1.54, 1.807) is 17.0 Å². The Labute approximate surface area is 224 Å². The first-order valence-electron chi connectivity index (χ1n) is 12.3. The number of hydrogen-bond acceptors (Lipinski definition) is 8. The fraction of sp³-hybridized carbons (Fsp3) is 0.385. The second-order valence-corrected chi connectivity index (χ2v) is 11.5. The maximum absolute atomic E-state index is 13.1. The molecule has 2 atom stereocenters. The van der Waals surface area contributed by atoms with Crippen molar-refractivity contribution in [3.8, 4) is 0 Å². The number of aliphatic hydroxyl groups excluding tert-OH is 1.